The van der Waals surface area contributed by atoms with Gasteiger partial charge in [0.1, 0.15) is 0 Å². The van der Waals surface area contributed by atoms with Crippen LogP contribution in [0.3, 0.4) is 0 Å². The molecule has 0 bridgehead atoms. The second-order valence-electron chi connectivity index (χ2n) is 5.12. The predicted octanol–water partition coefficient (Wildman–Crippen LogP) is 5.74. The Hall–Kier alpha value is -1.54. The Bertz CT molecular complexity index is 801. The Morgan fingerprint density at radius 3 is 2.20 bits per heavy atom. The molecule has 9 heteroatoms. The lowest BCUT2D eigenvalue weighted by Gasteiger charge is -2.11. The average Bonchev–Trinajstić information content (AvgIpc) is 3.36. The molecule has 5 nitrogen and oxygen atoms in total. The van der Waals surface area contributed by atoms with Crippen molar-refractivity contribution in [3.05, 3.63) is 42.0 Å². The Kier molecular flexibility index (Phi) is 7.31. The molecule has 3 rings (SSSR count). The number of halogens is 2. The number of hydrogen-bond donors (Lipinski definition) is 2. The predicted molar refractivity (Wildman–Crippen MR) is 108 cm³/mol. The van der Waals surface area contributed by atoms with E-state index >= 15 is 0 Å². The number of ether oxygens (including phenoxy) is 1. The molecule has 1 aliphatic carbocycles. The van der Waals surface area contributed by atoms with Crippen molar-refractivity contribution in [3.8, 4) is 0 Å². The Labute approximate surface area is 164 Å². The van der Waals surface area contributed by atoms with E-state index in [1.54, 1.807) is 0 Å². The Morgan fingerprint density at radius 2 is 1.72 bits per heavy atom. The molecule has 0 spiro atoms. The van der Waals surface area contributed by atoms with Gasteiger partial charge in [-0.2, -0.15) is 0 Å². The van der Waals surface area contributed by atoms with Crippen LogP contribution in [0.2, 0.25) is 0 Å². The second-order valence-corrected chi connectivity index (χ2v) is 7.29. The van der Waals surface area contributed by atoms with Crippen LogP contribution in [0.5, 0.6) is 0 Å². The zero-order chi connectivity index (χ0) is 18.4. The summed E-state index contributed by atoms with van der Waals surface area (Å²) < 4.78 is 7.13. The quantitative estimate of drug-likeness (QED) is 0.285. The van der Waals surface area contributed by atoms with Gasteiger partial charge in [0.2, 0.25) is 0 Å². The highest BCUT2D eigenvalue weighted by Crippen LogP contribution is 2.44. The van der Waals surface area contributed by atoms with Gasteiger partial charge in [0.15, 0.2) is 4.32 Å². The van der Waals surface area contributed by atoms with Crippen LogP contribution in [0.4, 0.5) is 15.3 Å². The average molecular weight is 417 g/mol. The Morgan fingerprint density at radius 1 is 1.12 bits per heavy atom. The number of hydrogen-bond acceptors (Lipinski definition) is 6. The highest BCUT2D eigenvalue weighted by Gasteiger charge is 2.25. The van der Waals surface area contributed by atoms with Gasteiger partial charge >= 0.3 is 10.9 Å². The summed E-state index contributed by atoms with van der Waals surface area (Å²) in [5.74, 6) is 0.757. The van der Waals surface area contributed by atoms with Crippen molar-refractivity contribution in [2.45, 2.75) is 18.8 Å². The maximum absolute atomic E-state index is 9.49. The molecule has 0 unspecified atom stereocenters. The molecule has 2 aromatic rings. The van der Waals surface area contributed by atoms with Crippen LogP contribution in [0.15, 0.2) is 36.4 Å². The third-order valence-electron chi connectivity index (χ3n) is 3.40. The maximum atomic E-state index is 9.49. The van der Waals surface area contributed by atoms with Crippen LogP contribution in [-0.4, -0.2) is 15.2 Å². The molecule has 0 amide bonds. The van der Waals surface area contributed by atoms with E-state index in [0.29, 0.717) is 4.32 Å². The van der Waals surface area contributed by atoms with Gasteiger partial charge in [-0.1, -0.05) is 42.5 Å². The molecule has 3 N–H and O–H groups in total. The fourth-order valence-corrected chi connectivity index (χ4v) is 3.02. The van der Waals surface area contributed by atoms with Crippen LogP contribution >= 0.6 is 47.4 Å². The molecule has 0 aromatic heterocycles. The van der Waals surface area contributed by atoms with Crippen LogP contribution in [0.25, 0.3) is 10.8 Å². The number of carbonyl (C=O) groups excluding carboxylic acids is 2. The first-order valence-corrected chi connectivity index (χ1v) is 9.17. The molecule has 1 saturated carbocycles. The lowest BCUT2D eigenvalue weighted by molar-refractivity contribution is 0.185. The van der Waals surface area contributed by atoms with E-state index in [9.17, 15) is 9.59 Å². The van der Waals surface area contributed by atoms with E-state index in [1.165, 1.54) is 41.1 Å². The van der Waals surface area contributed by atoms with Crippen LogP contribution in [0, 0.1) is 0 Å². The van der Waals surface area contributed by atoms with E-state index in [0.717, 1.165) is 11.6 Å². The second kappa shape index (κ2) is 9.24. The van der Waals surface area contributed by atoms with Gasteiger partial charge < -0.3 is 15.2 Å². The van der Waals surface area contributed by atoms with Gasteiger partial charge in [0.05, 0.1) is 5.69 Å². The molecule has 1 aliphatic rings. The summed E-state index contributed by atoms with van der Waals surface area (Å²) in [6.45, 7) is 0. The summed E-state index contributed by atoms with van der Waals surface area (Å²) in [7, 11) is 0. The zero-order valence-electron chi connectivity index (χ0n) is 12.8. The summed E-state index contributed by atoms with van der Waals surface area (Å²) in [6.07, 6.45) is 2.64. The molecule has 132 valence electrons. The summed E-state index contributed by atoms with van der Waals surface area (Å²) in [6, 6.07) is 12.8. The SMILES string of the molecule is NC(=S)SNc1ccc(C2CC2)c2ccccc12.O=C(Cl)OC(=O)Cl. The number of rotatable bonds is 3. The van der Waals surface area contributed by atoms with E-state index < -0.39 is 10.9 Å². The van der Waals surface area contributed by atoms with E-state index in [-0.39, 0.29) is 0 Å². The van der Waals surface area contributed by atoms with Crippen molar-refractivity contribution in [1.29, 1.82) is 0 Å². The van der Waals surface area contributed by atoms with Gasteiger partial charge in [0.25, 0.3) is 0 Å². The van der Waals surface area contributed by atoms with Gasteiger partial charge in [-0.15, -0.1) is 0 Å². The minimum atomic E-state index is -1.22. The molecule has 0 radical (unpaired) electrons. The smallest absolute Gasteiger partial charge is 0.383 e. The van der Waals surface area contributed by atoms with Crippen LogP contribution in [0.1, 0.15) is 24.3 Å². The van der Waals surface area contributed by atoms with Crippen LogP contribution in [-0.2, 0) is 4.74 Å². The fraction of sp³-hybridized carbons (Fsp3) is 0.188. The first-order valence-electron chi connectivity index (χ1n) is 7.19. The zero-order valence-corrected chi connectivity index (χ0v) is 16.0. The molecule has 0 atom stereocenters. The minimum absolute atomic E-state index is 0.408. The number of benzene rings is 2. The summed E-state index contributed by atoms with van der Waals surface area (Å²) in [5, 5.41) is 2.58. The van der Waals surface area contributed by atoms with Crippen molar-refractivity contribution in [3.63, 3.8) is 0 Å². The number of anilines is 1. The fourth-order valence-electron chi connectivity index (χ4n) is 2.33. The molecule has 0 saturated heterocycles. The first-order chi connectivity index (χ1) is 11.9. The number of carbonyl (C=O) groups is 2. The number of nitrogens with one attached hydrogen (secondary N) is 1. The lowest BCUT2D eigenvalue weighted by atomic mass is 10.00. The highest BCUT2D eigenvalue weighted by molar-refractivity contribution is 8.23. The monoisotopic (exact) mass is 416 g/mol. The standard InChI is InChI=1S/C14H14N2S2.C2Cl2O3/c15-14(17)18-16-13-8-7-10(9-5-6-9)11-3-1-2-4-12(11)13;3-1(5)7-2(4)6/h1-4,7-9,16H,5-6H2,(H2,15,17);. The summed E-state index contributed by atoms with van der Waals surface area (Å²) in [5.41, 5.74) is 5.61. The topological polar surface area (TPSA) is 81.4 Å². The third-order valence-corrected chi connectivity index (χ3v) is 4.32. The van der Waals surface area contributed by atoms with Gasteiger partial charge in [-0.25, -0.2) is 9.59 Å². The van der Waals surface area contributed by atoms with E-state index in [4.69, 9.17) is 18.0 Å². The van der Waals surface area contributed by atoms with Crippen LogP contribution < -0.4 is 10.5 Å². The van der Waals surface area contributed by atoms with Crippen molar-refractivity contribution >= 4 is 79.0 Å². The summed E-state index contributed by atoms with van der Waals surface area (Å²) >= 11 is 15.2. The van der Waals surface area contributed by atoms with E-state index in [2.05, 4.69) is 69.1 Å². The Balaban J connectivity index is 0.000000277. The van der Waals surface area contributed by atoms with Crippen molar-refractivity contribution in [2.24, 2.45) is 5.73 Å². The molecule has 2 aromatic carbocycles. The van der Waals surface area contributed by atoms with Gasteiger partial charge in [-0.05, 0) is 35.8 Å². The number of thiocarbonyl (C=S) groups is 1. The highest BCUT2D eigenvalue weighted by atomic mass is 35.5. The largest absolute Gasteiger partial charge is 0.412 e. The molecule has 0 aliphatic heterocycles. The van der Waals surface area contributed by atoms with Crippen molar-refractivity contribution in [1.82, 2.24) is 0 Å². The van der Waals surface area contributed by atoms with Crippen molar-refractivity contribution in [2.75, 3.05) is 4.72 Å². The van der Waals surface area contributed by atoms with Gasteiger partial charge in [-0.3, -0.25) is 0 Å². The van der Waals surface area contributed by atoms with E-state index in [1.807, 2.05) is 0 Å². The molecular weight excluding hydrogens is 403 g/mol. The molecule has 0 heterocycles. The number of nitrogens with two attached hydrogens (primary N) is 1. The minimum Gasteiger partial charge on any atom is -0.383 e. The first kappa shape index (κ1) is 19.8. The molecular formula is C16H14Cl2N2O3S2. The third kappa shape index (κ3) is 6.36. The maximum Gasteiger partial charge on any atom is 0.412 e. The molecule has 25 heavy (non-hydrogen) atoms. The lowest BCUT2D eigenvalue weighted by Crippen LogP contribution is -2.05. The van der Waals surface area contributed by atoms with Gasteiger partial charge in [0, 0.05) is 40.5 Å². The number of fused-ring (bicyclic) bond motifs is 1. The van der Waals surface area contributed by atoms with Crippen molar-refractivity contribution < 1.29 is 14.3 Å². The normalized spacial score (nSPS) is 12.7. The summed E-state index contributed by atoms with van der Waals surface area (Å²) in [4.78, 5) is 19.0. The molecule has 1 fully saturated rings.